The Morgan fingerprint density at radius 2 is 1.70 bits per heavy atom. The first-order valence-corrected chi connectivity index (χ1v) is 11.6. The number of nitrogens with zero attached hydrogens (tertiary/aromatic N) is 1. The summed E-state index contributed by atoms with van der Waals surface area (Å²) < 4.78 is 5.54. The number of carbonyl (C=O) groups is 3. The predicted octanol–water partition coefficient (Wildman–Crippen LogP) is 4.02. The van der Waals surface area contributed by atoms with E-state index in [4.69, 9.17) is 9.84 Å². The maximum absolute atomic E-state index is 12.9. The van der Waals surface area contributed by atoms with Gasteiger partial charge >= 0.3 is 12.1 Å². The van der Waals surface area contributed by atoms with Crippen LogP contribution >= 0.6 is 0 Å². The first-order chi connectivity index (χ1) is 16.0. The molecule has 2 aromatic carbocycles. The Kier molecular flexibility index (Phi) is 6.96. The van der Waals surface area contributed by atoms with Gasteiger partial charge in [-0.15, -0.1) is 0 Å². The van der Waals surface area contributed by atoms with Crippen molar-refractivity contribution in [1.29, 1.82) is 0 Å². The highest BCUT2D eigenvalue weighted by Gasteiger charge is 2.32. The van der Waals surface area contributed by atoms with Gasteiger partial charge in [0.2, 0.25) is 5.91 Å². The van der Waals surface area contributed by atoms with E-state index in [1.54, 1.807) is 11.8 Å². The van der Waals surface area contributed by atoms with E-state index in [0.29, 0.717) is 13.0 Å². The van der Waals surface area contributed by atoms with E-state index >= 15 is 0 Å². The molecule has 0 spiro atoms. The Labute approximate surface area is 193 Å². The van der Waals surface area contributed by atoms with E-state index in [9.17, 15) is 14.4 Å². The van der Waals surface area contributed by atoms with Gasteiger partial charge in [0, 0.05) is 25.0 Å². The molecule has 1 aliphatic carbocycles. The predicted molar refractivity (Wildman–Crippen MR) is 124 cm³/mol. The average Bonchev–Trinajstić information content (AvgIpc) is 3.14. The van der Waals surface area contributed by atoms with Crippen molar-refractivity contribution in [3.63, 3.8) is 0 Å². The highest BCUT2D eigenvalue weighted by Crippen LogP contribution is 2.44. The fraction of sp³-hybridized carbons (Fsp3) is 0.423. The van der Waals surface area contributed by atoms with Crippen LogP contribution in [-0.4, -0.2) is 53.7 Å². The number of carboxylic acids is 1. The number of hydrogen-bond acceptors (Lipinski definition) is 4. The lowest BCUT2D eigenvalue weighted by molar-refractivity contribution is -0.143. The van der Waals surface area contributed by atoms with Gasteiger partial charge in [-0.2, -0.15) is 0 Å². The van der Waals surface area contributed by atoms with E-state index in [2.05, 4.69) is 29.6 Å². The van der Waals surface area contributed by atoms with Crippen LogP contribution in [0.1, 0.15) is 49.7 Å². The molecule has 2 N–H and O–H groups in total. The zero-order valence-corrected chi connectivity index (χ0v) is 18.8. The second-order valence-electron chi connectivity index (χ2n) is 8.89. The molecule has 1 heterocycles. The summed E-state index contributed by atoms with van der Waals surface area (Å²) >= 11 is 0. The monoisotopic (exact) mass is 450 g/mol. The Hall–Kier alpha value is -3.35. The largest absolute Gasteiger partial charge is 0.481 e. The van der Waals surface area contributed by atoms with Gasteiger partial charge in [-0.3, -0.25) is 9.59 Å². The summed E-state index contributed by atoms with van der Waals surface area (Å²) in [5.74, 6) is -1.50. The molecule has 0 radical (unpaired) electrons. The van der Waals surface area contributed by atoms with E-state index in [1.165, 1.54) is 11.1 Å². The molecular formula is C26H30N2O5. The molecule has 33 heavy (non-hydrogen) atoms. The normalized spacial score (nSPS) is 18.2. The lowest BCUT2D eigenvalue weighted by atomic mass is 9.97. The van der Waals surface area contributed by atoms with E-state index < -0.39 is 18.0 Å². The van der Waals surface area contributed by atoms with Crippen LogP contribution in [0.4, 0.5) is 4.79 Å². The quantitative estimate of drug-likeness (QED) is 0.664. The number of piperidine rings is 1. The van der Waals surface area contributed by atoms with Crippen LogP contribution < -0.4 is 5.32 Å². The summed E-state index contributed by atoms with van der Waals surface area (Å²) in [4.78, 5) is 38.1. The van der Waals surface area contributed by atoms with Crippen molar-refractivity contribution in [1.82, 2.24) is 10.2 Å². The van der Waals surface area contributed by atoms with Crippen molar-refractivity contribution in [2.24, 2.45) is 5.92 Å². The van der Waals surface area contributed by atoms with E-state index in [0.717, 1.165) is 24.0 Å². The average molecular weight is 451 g/mol. The Balaban J connectivity index is 1.31. The number of fused-ring (bicyclic) bond motifs is 3. The summed E-state index contributed by atoms with van der Waals surface area (Å²) in [5.41, 5.74) is 4.62. The molecule has 2 amide bonds. The van der Waals surface area contributed by atoms with Gasteiger partial charge in [0.25, 0.3) is 0 Å². The molecule has 7 heteroatoms. The minimum absolute atomic E-state index is 0.0210. The molecule has 0 bridgehead atoms. The lowest BCUT2D eigenvalue weighted by Crippen LogP contribution is -2.48. The summed E-state index contributed by atoms with van der Waals surface area (Å²) in [6.45, 7) is 2.67. The van der Waals surface area contributed by atoms with Crippen LogP contribution in [0.3, 0.4) is 0 Å². The standard InChI is InChI=1S/C26H30N2O5/c1-17(25(31)28-13-7-6-8-18(28)14-24(29)30)15-27-26(32)33-16-23-21-11-4-2-9-19(21)20-10-3-5-12-22(20)23/h2-5,9-12,17-18,23H,6-8,13-16H2,1H3,(H,27,32)(H,29,30)/t17?,18-/m1/s1. The van der Waals surface area contributed by atoms with E-state index in [1.807, 2.05) is 24.3 Å². The number of carbonyl (C=O) groups excluding carboxylic acids is 2. The van der Waals surface area contributed by atoms with Gasteiger partial charge in [0.15, 0.2) is 0 Å². The molecule has 174 valence electrons. The third kappa shape index (κ3) is 5.02. The summed E-state index contributed by atoms with van der Waals surface area (Å²) in [5, 5.41) is 11.8. The van der Waals surface area contributed by atoms with Crippen LogP contribution in [0.25, 0.3) is 11.1 Å². The van der Waals surface area contributed by atoms with Crippen molar-refractivity contribution < 1.29 is 24.2 Å². The molecule has 1 fully saturated rings. The fourth-order valence-electron chi connectivity index (χ4n) is 4.96. The van der Waals surface area contributed by atoms with Crippen LogP contribution in [-0.2, 0) is 14.3 Å². The third-order valence-electron chi connectivity index (χ3n) is 6.64. The third-order valence-corrected chi connectivity index (χ3v) is 6.64. The number of benzene rings is 2. The molecule has 2 aliphatic rings. The molecule has 2 atom stereocenters. The number of alkyl carbamates (subject to hydrolysis) is 1. The molecule has 2 aromatic rings. The Bertz CT molecular complexity index is 991. The number of aliphatic carboxylic acids is 1. The van der Waals surface area contributed by atoms with Gasteiger partial charge in [-0.1, -0.05) is 55.5 Å². The summed E-state index contributed by atoms with van der Waals surface area (Å²) in [6, 6.07) is 16.0. The second-order valence-corrected chi connectivity index (χ2v) is 8.89. The highest BCUT2D eigenvalue weighted by molar-refractivity contribution is 5.81. The molecule has 4 rings (SSSR count). The fourth-order valence-corrected chi connectivity index (χ4v) is 4.96. The van der Waals surface area contributed by atoms with Crippen molar-refractivity contribution in [2.45, 2.75) is 44.6 Å². The molecule has 7 nitrogen and oxygen atoms in total. The van der Waals surface area contributed by atoms with Crippen molar-refractivity contribution >= 4 is 18.0 Å². The van der Waals surface area contributed by atoms with Gasteiger partial charge < -0.3 is 20.1 Å². The number of hydrogen-bond donors (Lipinski definition) is 2. The van der Waals surface area contributed by atoms with Gasteiger partial charge in [-0.25, -0.2) is 4.79 Å². The number of carboxylic acid groups (broad SMARTS) is 1. The molecular weight excluding hydrogens is 420 g/mol. The zero-order chi connectivity index (χ0) is 23.4. The highest BCUT2D eigenvalue weighted by atomic mass is 16.5. The minimum atomic E-state index is -0.899. The number of amides is 2. The minimum Gasteiger partial charge on any atom is -0.481 e. The number of rotatable bonds is 7. The smallest absolute Gasteiger partial charge is 0.407 e. The van der Waals surface area contributed by atoms with Gasteiger partial charge in [0.1, 0.15) is 6.61 Å². The molecule has 1 saturated heterocycles. The first kappa shape index (κ1) is 22.8. The van der Waals surface area contributed by atoms with Gasteiger partial charge in [-0.05, 0) is 41.5 Å². The first-order valence-electron chi connectivity index (χ1n) is 11.6. The molecule has 1 aliphatic heterocycles. The number of ether oxygens (including phenoxy) is 1. The molecule has 1 unspecified atom stereocenters. The van der Waals surface area contributed by atoms with Crippen molar-refractivity contribution in [3.05, 3.63) is 59.7 Å². The Morgan fingerprint density at radius 3 is 2.33 bits per heavy atom. The van der Waals surface area contributed by atoms with Crippen molar-refractivity contribution in [3.8, 4) is 11.1 Å². The second kappa shape index (κ2) is 10.1. The maximum atomic E-state index is 12.9. The number of likely N-dealkylation sites (tertiary alicyclic amines) is 1. The van der Waals surface area contributed by atoms with Crippen LogP contribution in [0.5, 0.6) is 0 Å². The van der Waals surface area contributed by atoms with Crippen molar-refractivity contribution in [2.75, 3.05) is 19.7 Å². The molecule has 0 aromatic heterocycles. The Morgan fingerprint density at radius 1 is 1.06 bits per heavy atom. The SMILES string of the molecule is CC(CNC(=O)OCC1c2ccccc2-c2ccccc21)C(=O)N1CCCC[C@@H]1CC(=O)O. The van der Waals surface area contributed by atoms with Gasteiger partial charge in [0.05, 0.1) is 12.3 Å². The molecule has 0 saturated carbocycles. The number of nitrogens with one attached hydrogen (secondary N) is 1. The van der Waals surface area contributed by atoms with Crippen LogP contribution in [0.2, 0.25) is 0 Å². The zero-order valence-electron chi connectivity index (χ0n) is 18.8. The maximum Gasteiger partial charge on any atom is 0.407 e. The topological polar surface area (TPSA) is 95.9 Å². The summed E-state index contributed by atoms with van der Waals surface area (Å²) in [6.07, 6.45) is 1.89. The van der Waals surface area contributed by atoms with E-state index in [-0.39, 0.29) is 37.4 Å². The summed E-state index contributed by atoms with van der Waals surface area (Å²) in [7, 11) is 0. The van der Waals surface area contributed by atoms with Crippen LogP contribution in [0.15, 0.2) is 48.5 Å². The lowest BCUT2D eigenvalue weighted by Gasteiger charge is -2.36. The van der Waals surface area contributed by atoms with Crippen LogP contribution in [0, 0.1) is 5.92 Å².